The highest BCUT2D eigenvalue weighted by molar-refractivity contribution is 7.99. The molecule has 3 heteroatoms. The van der Waals surface area contributed by atoms with Crippen LogP contribution in [0.25, 0.3) is 0 Å². The molecule has 0 amide bonds. The van der Waals surface area contributed by atoms with Crippen LogP contribution in [0.4, 0.5) is 0 Å². The Morgan fingerprint density at radius 3 is 2.33 bits per heavy atom. The van der Waals surface area contributed by atoms with Gasteiger partial charge in [-0.15, -0.1) is 11.8 Å². The summed E-state index contributed by atoms with van der Waals surface area (Å²) in [6.07, 6.45) is 0.553. The van der Waals surface area contributed by atoms with Crippen LogP contribution in [0.1, 0.15) is 16.8 Å². The molecule has 0 atom stereocenters. The molecule has 18 heavy (non-hydrogen) atoms. The SMILES string of the molecule is O=C(CCSc1ccc(Cl)cc1)c1ccccc1. The van der Waals surface area contributed by atoms with Gasteiger partial charge >= 0.3 is 0 Å². The van der Waals surface area contributed by atoms with E-state index in [1.54, 1.807) is 11.8 Å². The van der Waals surface area contributed by atoms with Gasteiger partial charge in [-0.1, -0.05) is 41.9 Å². The number of hydrogen-bond donors (Lipinski definition) is 0. The van der Waals surface area contributed by atoms with E-state index >= 15 is 0 Å². The van der Waals surface area contributed by atoms with E-state index in [0.29, 0.717) is 6.42 Å². The quantitative estimate of drug-likeness (QED) is 0.581. The average molecular weight is 277 g/mol. The van der Waals surface area contributed by atoms with Gasteiger partial charge in [0.2, 0.25) is 0 Å². The Morgan fingerprint density at radius 2 is 1.67 bits per heavy atom. The van der Waals surface area contributed by atoms with Crippen molar-refractivity contribution in [3.8, 4) is 0 Å². The number of ketones is 1. The summed E-state index contributed by atoms with van der Waals surface area (Å²) in [4.78, 5) is 13.0. The maximum absolute atomic E-state index is 11.9. The first-order valence-electron chi connectivity index (χ1n) is 5.72. The van der Waals surface area contributed by atoms with Gasteiger partial charge in [0.15, 0.2) is 5.78 Å². The lowest BCUT2D eigenvalue weighted by atomic mass is 10.1. The minimum atomic E-state index is 0.192. The van der Waals surface area contributed by atoms with Crippen molar-refractivity contribution in [2.75, 3.05) is 5.75 Å². The molecule has 0 heterocycles. The fourth-order valence-corrected chi connectivity index (χ4v) is 2.54. The van der Waals surface area contributed by atoms with Gasteiger partial charge in [0.1, 0.15) is 0 Å². The lowest BCUT2D eigenvalue weighted by Gasteiger charge is -2.02. The van der Waals surface area contributed by atoms with Gasteiger partial charge in [0.25, 0.3) is 0 Å². The van der Waals surface area contributed by atoms with Gasteiger partial charge in [-0.2, -0.15) is 0 Å². The molecule has 2 rings (SSSR count). The first-order chi connectivity index (χ1) is 8.75. The highest BCUT2D eigenvalue weighted by Crippen LogP contribution is 2.21. The summed E-state index contributed by atoms with van der Waals surface area (Å²) in [6, 6.07) is 17.1. The molecule has 2 aromatic carbocycles. The number of benzene rings is 2. The molecule has 0 aliphatic heterocycles. The summed E-state index contributed by atoms with van der Waals surface area (Å²) in [5.41, 5.74) is 0.786. The van der Waals surface area contributed by atoms with E-state index in [9.17, 15) is 4.79 Å². The number of rotatable bonds is 5. The zero-order chi connectivity index (χ0) is 12.8. The number of halogens is 1. The Hall–Kier alpha value is -1.25. The predicted molar refractivity (Wildman–Crippen MR) is 77.6 cm³/mol. The smallest absolute Gasteiger partial charge is 0.163 e. The first kappa shape index (κ1) is 13.2. The van der Waals surface area contributed by atoms with E-state index in [0.717, 1.165) is 21.2 Å². The Balaban J connectivity index is 1.82. The molecule has 0 bridgehead atoms. The predicted octanol–water partition coefficient (Wildman–Crippen LogP) is 4.71. The summed E-state index contributed by atoms with van der Waals surface area (Å²) >= 11 is 7.49. The number of carbonyl (C=O) groups excluding carboxylic acids is 1. The van der Waals surface area contributed by atoms with E-state index in [1.165, 1.54) is 0 Å². The van der Waals surface area contributed by atoms with Crippen molar-refractivity contribution in [1.82, 2.24) is 0 Å². The maximum Gasteiger partial charge on any atom is 0.163 e. The number of thioether (sulfide) groups is 1. The molecule has 0 unspecified atom stereocenters. The van der Waals surface area contributed by atoms with E-state index in [1.807, 2.05) is 54.6 Å². The van der Waals surface area contributed by atoms with Crippen LogP contribution in [-0.2, 0) is 0 Å². The van der Waals surface area contributed by atoms with Crippen LogP contribution >= 0.6 is 23.4 Å². The molecule has 0 N–H and O–H groups in total. The fourth-order valence-electron chi connectivity index (χ4n) is 1.56. The van der Waals surface area contributed by atoms with Gasteiger partial charge in [-0.05, 0) is 24.3 Å². The zero-order valence-corrected chi connectivity index (χ0v) is 11.4. The molecular formula is C15H13ClOS. The van der Waals surface area contributed by atoms with Gasteiger partial charge in [-0.25, -0.2) is 0 Å². The topological polar surface area (TPSA) is 17.1 Å². The third-order valence-electron chi connectivity index (χ3n) is 2.51. The van der Waals surface area contributed by atoms with E-state index in [-0.39, 0.29) is 5.78 Å². The summed E-state index contributed by atoms with van der Waals surface area (Å²) in [7, 11) is 0. The second-order valence-corrected chi connectivity index (χ2v) is 5.45. The van der Waals surface area contributed by atoms with Crippen molar-refractivity contribution < 1.29 is 4.79 Å². The molecule has 0 saturated heterocycles. The molecule has 1 nitrogen and oxygen atoms in total. The Morgan fingerprint density at radius 1 is 1.00 bits per heavy atom. The van der Waals surface area contributed by atoms with Crippen LogP contribution in [-0.4, -0.2) is 11.5 Å². The van der Waals surface area contributed by atoms with E-state index in [2.05, 4.69) is 0 Å². The summed E-state index contributed by atoms with van der Waals surface area (Å²) in [5.74, 6) is 0.979. The van der Waals surface area contributed by atoms with Crippen LogP contribution in [0.2, 0.25) is 5.02 Å². The van der Waals surface area contributed by atoms with Crippen LogP contribution in [0.3, 0.4) is 0 Å². The minimum absolute atomic E-state index is 0.192. The number of carbonyl (C=O) groups is 1. The standard InChI is InChI=1S/C15H13ClOS/c16-13-6-8-14(9-7-13)18-11-10-15(17)12-4-2-1-3-5-12/h1-9H,10-11H2. The van der Waals surface area contributed by atoms with Crippen molar-refractivity contribution in [1.29, 1.82) is 0 Å². The molecular weight excluding hydrogens is 264 g/mol. The largest absolute Gasteiger partial charge is 0.294 e. The number of Topliss-reactive ketones (excluding diaryl/α,β-unsaturated/α-hetero) is 1. The molecule has 0 aromatic heterocycles. The molecule has 0 saturated carbocycles. The van der Waals surface area contributed by atoms with Gasteiger partial charge in [-0.3, -0.25) is 4.79 Å². The van der Waals surface area contributed by atoms with Crippen molar-refractivity contribution in [3.05, 3.63) is 65.2 Å². The number of hydrogen-bond acceptors (Lipinski definition) is 2. The third kappa shape index (κ3) is 3.90. The lowest BCUT2D eigenvalue weighted by molar-refractivity contribution is 0.0989. The van der Waals surface area contributed by atoms with Crippen molar-refractivity contribution in [2.45, 2.75) is 11.3 Å². The highest BCUT2D eigenvalue weighted by atomic mass is 35.5. The Bertz CT molecular complexity index is 508. The first-order valence-corrected chi connectivity index (χ1v) is 7.09. The molecule has 0 aliphatic carbocycles. The molecule has 0 aliphatic rings. The Labute approximate surface area is 116 Å². The van der Waals surface area contributed by atoms with Gasteiger partial charge in [0.05, 0.1) is 0 Å². The van der Waals surface area contributed by atoms with E-state index < -0.39 is 0 Å². The summed E-state index contributed by atoms with van der Waals surface area (Å²) in [5, 5.41) is 0.736. The van der Waals surface area contributed by atoms with Gasteiger partial charge < -0.3 is 0 Å². The van der Waals surface area contributed by atoms with Crippen LogP contribution in [0.15, 0.2) is 59.5 Å². The van der Waals surface area contributed by atoms with Crippen molar-refractivity contribution in [3.63, 3.8) is 0 Å². The second-order valence-electron chi connectivity index (χ2n) is 3.84. The van der Waals surface area contributed by atoms with Crippen molar-refractivity contribution >= 4 is 29.1 Å². The molecule has 0 fully saturated rings. The monoisotopic (exact) mass is 276 g/mol. The summed E-state index contributed by atoms with van der Waals surface area (Å²) < 4.78 is 0. The normalized spacial score (nSPS) is 10.3. The maximum atomic E-state index is 11.9. The zero-order valence-electron chi connectivity index (χ0n) is 9.80. The van der Waals surface area contributed by atoms with Crippen LogP contribution in [0.5, 0.6) is 0 Å². The molecule has 92 valence electrons. The van der Waals surface area contributed by atoms with E-state index in [4.69, 9.17) is 11.6 Å². The molecule has 0 spiro atoms. The second kappa shape index (κ2) is 6.62. The van der Waals surface area contributed by atoms with Crippen molar-refractivity contribution in [2.24, 2.45) is 0 Å². The van der Waals surface area contributed by atoms with Crippen LogP contribution < -0.4 is 0 Å². The third-order valence-corrected chi connectivity index (χ3v) is 3.77. The molecule has 2 aromatic rings. The van der Waals surface area contributed by atoms with Gasteiger partial charge in [0, 0.05) is 27.7 Å². The lowest BCUT2D eigenvalue weighted by Crippen LogP contribution is -1.99. The molecule has 0 radical (unpaired) electrons. The minimum Gasteiger partial charge on any atom is -0.294 e. The van der Waals surface area contributed by atoms with Crippen LogP contribution in [0, 0.1) is 0 Å². The highest BCUT2D eigenvalue weighted by Gasteiger charge is 2.04. The summed E-state index contributed by atoms with van der Waals surface area (Å²) in [6.45, 7) is 0. The Kier molecular flexibility index (Phi) is 4.85. The average Bonchev–Trinajstić information content (AvgIpc) is 2.42. The fraction of sp³-hybridized carbons (Fsp3) is 0.133.